The lowest BCUT2D eigenvalue weighted by atomic mass is 10.2. The smallest absolute Gasteiger partial charge is 0.338 e. The van der Waals surface area contributed by atoms with E-state index in [1.165, 1.54) is 0 Å². The number of nitrogens with one attached hydrogen (secondary N) is 1. The fourth-order valence-corrected chi connectivity index (χ4v) is 3.12. The molecule has 1 fully saturated rings. The van der Waals surface area contributed by atoms with Crippen LogP contribution in [-0.4, -0.2) is 48.4 Å². The van der Waals surface area contributed by atoms with Gasteiger partial charge in [0.05, 0.1) is 17.2 Å². The van der Waals surface area contributed by atoms with E-state index in [2.05, 4.69) is 5.32 Å². The molecule has 6 heteroatoms. The molecule has 0 saturated heterocycles. The van der Waals surface area contributed by atoms with Crippen molar-refractivity contribution in [2.75, 3.05) is 7.05 Å². The summed E-state index contributed by atoms with van der Waals surface area (Å²) in [6.45, 7) is 0. The highest BCUT2D eigenvalue weighted by Gasteiger charge is 2.46. The number of hydrogen-bond acceptors (Lipinski definition) is 6. The molecule has 2 aromatic carbocycles. The van der Waals surface area contributed by atoms with Crippen molar-refractivity contribution in [3.63, 3.8) is 0 Å². The Morgan fingerprint density at radius 1 is 0.885 bits per heavy atom. The van der Waals surface area contributed by atoms with E-state index < -0.39 is 36.3 Å². The number of ether oxygens (including phenoxy) is 2. The predicted molar refractivity (Wildman–Crippen MR) is 94.8 cm³/mol. The second-order valence-corrected chi connectivity index (χ2v) is 6.16. The molecule has 0 heterocycles. The largest absolute Gasteiger partial charge is 0.457 e. The summed E-state index contributed by atoms with van der Waals surface area (Å²) in [5.41, 5.74) is 0.840. The van der Waals surface area contributed by atoms with Gasteiger partial charge in [0.1, 0.15) is 18.3 Å². The molecule has 26 heavy (non-hydrogen) atoms. The number of rotatable bonds is 5. The molecular weight excluding hydrogens is 334 g/mol. The monoisotopic (exact) mass is 355 g/mol. The summed E-state index contributed by atoms with van der Waals surface area (Å²) < 4.78 is 11.0. The Morgan fingerprint density at radius 2 is 1.35 bits per heavy atom. The zero-order chi connectivity index (χ0) is 18.5. The third-order valence-electron chi connectivity index (χ3n) is 4.48. The number of likely N-dealkylation sites (N-methyl/N-ethyl adjacent to an activating group) is 1. The van der Waals surface area contributed by atoms with E-state index in [9.17, 15) is 14.7 Å². The van der Waals surface area contributed by atoms with Crippen LogP contribution in [0, 0.1) is 0 Å². The van der Waals surface area contributed by atoms with Crippen LogP contribution >= 0.6 is 0 Å². The number of esters is 2. The van der Waals surface area contributed by atoms with E-state index in [1.807, 2.05) is 6.07 Å². The molecule has 4 unspecified atom stereocenters. The summed E-state index contributed by atoms with van der Waals surface area (Å²) >= 11 is 0. The van der Waals surface area contributed by atoms with E-state index in [1.54, 1.807) is 61.6 Å². The number of benzene rings is 2. The van der Waals surface area contributed by atoms with Gasteiger partial charge in [-0.3, -0.25) is 0 Å². The van der Waals surface area contributed by atoms with Crippen molar-refractivity contribution in [2.45, 2.75) is 30.8 Å². The minimum atomic E-state index is -0.971. The zero-order valence-electron chi connectivity index (χ0n) is 14.4. The van der Waals surface area contributed by atoms with Crippen molar-refractivity contribution in [3.8, 4) is 0 Å². The Balaban J connectivity index is 1.67. The normalized spacial score (nSPS) is 24.8. The van der Waals surface area contributed by atoms with Crippen LogP contribution in [0.25, 0.3) is 0 Å². The van der Waals surface area contributed by atoms with Crippen LogP contribution in [0.1, 0.15) is 27.1 Å². The molecule has 4 atom stereocenters. The highest BCUT2D eigenvalue weighted by atomic mass is 16.6. The topological polar surface area (TPSA) is 84.9 Å². The predicted octanol–water partition coefficient (Wildman–Crippen LogP) is 1.79. The van der Waals surface area contributed by atoms with Gasteiger partial charge in [0, 0.05) is 6.42 Å². The summed E-state index contributed by atoms with van der Waals surface area (Å²) in [5.74, 6) is -0.988. The maximum atomic E-state index is 12.3. The first-order valence-corrected chi connectivity index (χ1v) is 8.47. The van der Waals surface area contributed by atoms with Gasteiger partial charge in [-0.15, -0.1) is 0 Å². The fourth-order valence-electron chi connectivity index (χ4n) is 3.12. The fraction of sp³-hybridized carbons (Fsp3) is 0.300. The first-order chi connectivity index (χ1) is 12.6. The van der Waals surface area contributed by atoms with Crippen LogP contribution in [0.3, 0.4) is 0 Å². The second-order valence-electron chi connectivity index (χ2n) is 6.16. The van der Waals surface area contributed by atoms with Gasteiger partial charge in [-0.2, -0.15) is 0 Å². The second kappa shape index (κ2) is 8.12. The standard InChI is InChI=1S/C20H21NO5/c1-21-17-15(25-19(23)13-8-4-2-5-9-13)12-16(18(17)22)26-20(24)14-10-6-3-7-11-14/h2-11,15-18,21-22H,12H2,1H3. The molecule has 0 bridgehead atoms. The number of hydrogen-bond donors (Lipinski definition) is 2. The van der Waals surface area contributed by atoms with Gasteiger partial charge in [-0.25, -0.2) is 9.59 Å². The Morgan fingerprint density at radius 3 is 1.81 bits per heavy atom. The molecule has 0 aliphatic heterocycles. The maximum Gasteiger partial charge on any atom is 0.338 e. The van der Waals surface area contributed by atoms with E-state index in [-0.39, 0.29) is 6.42 Å². The molecule has 0 aromatic heterocycles. The number of aliphatic hydroxyl groups excluding tert-OH is 1. The Kier molecular flexibility index (Phi) is 5.65. The van der Waals surface area contributed by atoms with Crippen LogP contribution in [0.15, 0.2) is 60.7 Å². The lowest BCUT2D eigenvalue weighted by Gasteiger charge is -2.21. The molecule has 1 saturated carbocycles. The van der Waals surface area contributed by atoms with E-state index in [4.69, 9.17) is 9.47 Å². The Bertz CT molecular complexity index is 749. The van der Waals surface area contributed by atoms with Crippen LogP contribution in [0.4, 0.5) is 0 Å². The number of aliphatic hydroxyl groups is 1. The highest BCUT2D eigenvalue weighted by Crippen LogP contribution is 2.27. The van der Waals surface area contributed by atoms with Crippen molar-refractivity contribution in [2.24, 2.45) is 0 Å². The number of carbonyl (C=O) groups is 2. The van der Waals surface area contributed by atoms with Gasteiger partial charge in [0.15, 0.2) is 0 Å². The van der Waals surface area contributed by atoms with Gasteiger partial charge >= 0.3 is 11.9 Å². The Hall–Kier alpha value is -2.70. The zero-order valence-corrected chi connectivity index (χ0v) is 14.4. The third kappa shape index (κ3) is 3.92. The van der Waals surface area contributed by atoms with Crippen molar-refractivity contribution in [1.29, 1.82) is 0 Å². The molecule has 136 valence electrons. The number of carbonyl (C=O) groups excluding carboxylic acids is 2. The lowest BCUT2D eigenvalue weighted by molar-refractivity contribution is -0.0103. The van der Waals surface area contributed by atoms with Gasteiger partial charge in [0.2, 0.25) is 0 Å². The maximum absolute atomic E-state index is 12.3. The summed E-state index contributed by atoms with van der Waals surface area (Å²) in [5, 5.41) is 13.4. The quantitative estimate of drug-likeness (QED) is 0.796. The Labute approximate surface area is 151 Å². The molecule has 2 N–H and O–H groups in total. The molecule has 1 aliphatic carbocycles. The summed E-state index contributed by atoms with van der Waals surface area (Å²) in [4.78, 5) is 24.5. The van der Waals surface area contributed by atoms with Crippen molar-refractivity contribution >= 4 is 11.9 Å². The summed E-state index contributed by atoms with van der Waals surface area (Å²) in [6.07, 6.45) is -2.10. The lowest BCUT2D eigenvalue weighted by Crippen LogP contribution is -2.44. The van der Waals surface area contributed by atoms with Crippen molar-refractivity contribution < 1.29 is 24.2 Å². The molecular formula is C20H21NO5. The van der Waals surface area contributed by atoms with Gasteiger partial charge < -0.3 is 19.9 Å². The van der Waals surface area contributed by atoms with Gasteiger partial charge in [0.25, 0.3) is 0 Å². The molecule has 6 nitrogen and oxygen atoms in total. The van der Waals surface area contributed by atoms with Crippen LogP contribution in [0.5, 0.6) is 0 Å². The van der Waals surface area contributed by atoms with Crippen molar-refractivity contribution in [1.82, 2.24) is 5.32 Å². The van der Waals surface area contributed by atoms with Crippen LogP contribution < -0.4 is 5.32 Å². The minimum Gasteiger partial charge on any atom is -0.457 e. The van der Waals surface area contributed by atoms with E-state index in [0.717, 1.165) is 0 Å². The molecule has 0 radical (unpaired) electrons. The highest BCUT2D eigenvalue weighted by molar-refractivity contribution is 5.90. The minimum absolute atomic E-state index is 0.226. The van der Waals surface area contributed by atoms with E-state index in [0.29, 0.717) is 11.1 Å². The summed E-state index contributed by atoms with van der Waals surface area (Å²) in [6, 6.07) is 16.7. The van der Waals surface area contributed by atoms with Crippen LogP contribution in [0.2, 0.25) is 0 Å². The van der Waals surface area contributed by atoms with Gasteiger partial charge in [-0.1, -0.05) is 36.4 Å². The first-order valence-electron chi connectivity index (χ1n) is 8.47. The molecule has 2 aromatic rings. The van der Waals surface area contributed by atoms with Crippen LogP contribution in [-0.2, 0) is 9.47 Å². The SMILES string of the molecule is CNC1C(OC(=O)c2ccccc2)CC(OC(=O)c2ccccc2)C1O. The average molecular weight is 355 g/mol. The van der Waals surface area contributed by atoms with Crippen molar-refractivity contribution in [3.05, 3.63) is 71.8 Å². The summed E-state index contributed by atoms with van der Waals surface area (Å²) in [7, 11) is 1.67. The first kappa shape index (κ1) is 18.1. The van der Waals surface area contributed by atoms with E-state index >= 15 is 0 Å². The molecule has 1 aliphatic rings. The molecule has 0 spiro atoms. The average Bonchev–Trinajstić information content (AvgIpc) is 2.97. The third-order valence-corrected chi connectivity index (χ3v) is 4.48. The molecule has 0 amide bonds. The van der Waals surface area contributed by atoms with Gasteiger partial charge in [-0.05, 0) is 31.3 Å². The molecule has 3 rings (SSSR count).